The molecule has 28 heavy (non-hydrogen) atoms. The van der Waals surface area contributed by atoms with Crippen LogP contribution in [-0.4, -0.2) is 60.5 Å². The molecule has 0 saturated carbocycles. The first-order chi connectivity index (χ1) is 13.5. The van der Waals surface area contributed by atoms with Gasteiger partial charge in [0.25, 0.3) is 5.91 Å². The minimum Gasteiger partial charge on any atom is -0.387 e. The van der Waals surface area contributed by atoms with E-state index >= 15 is 0 Å². The van der Waals surface area contributed by atoms with Gasteiger partial charge in [-0.05, 0) is 6.42 Å². The number of rotatable bonds is 9. The Labute approximate surface area is 163 Å². The summed E-state index contributed by atoms with van der Waals surface area (Å²) < 4.78 is 7.11. The Morgan fingerprint density at radius 3 is 2.71 bits per heavy atom. The van der Waals surface area contributed by atoms with Gasteiger partial charge in [-0.1, -0.05) is 39.0 Å². The Kier molecular flexibility index (Phi) is 6.76. The van der Waals surface area contributed by atoms with Crippen molar-refractivity contribution < 1.29 is 19.7 Å². The van der Waals surface area contributed by atoms with Crippen LogP contribution in [0.15, 0.2) is 12.7 Å². The number of fused-ring (bicyclic) bond motifs is 1. The molecule has 2 aromatic rings. The summed E-state index contributed by atoms with van der Waals surface area (Å²) in [5.41, 5.74) is 6.49. The molecule has 0 radical (unpaired) electrons. The average molecular weight is 392 g/mol. The Morgan fingerprint density at radius 2 is 1.93 bits per heavy atom. The van der Waals surface area contributed by atoms with Gasteiger partial charge < -0.3 is 26.0 Å². The Hall–Kier alpha value is -2.30. The first kappa shape index (κ1) is 20.4. The van der Waals surface area contributed by atoms with E-state index in [0.717, 1.165) is 19.3 Å². The van der Waals surface area contributed by atoms with Gasteiger partial charge in [-0.15, -0.1) is 0 Å². The molecule has 1 aliphatic heterocycles. The SMILES string of the molecule is CCCCCCCCNC(=O)[C@H]1OC(n2cnc3c(N)ncnc32)[C@H](O)[C@@H]1O. The van der Waals surface area contributed by atoms with Crippen molar-refractivity contribution in [2.75, 3.05) is 12.3 Å². The summed E-state index contributed by atoms with van der Waals surface area (Å²) in [6.07, 6.45) is 4.52. The minimum absolute atomic E-state index is 0.199. The van der Waals surface area contributed by atoms with Crippen LogP contribution in [0.2, 0.25) is 0 Å². The van der Waals surface area contributed by atoms with Crippen molar-refractivity contribution in [1.29, 1.82) is 0 Å². The van der Waals surface area contributed by atoms with E-state index in [-0.39, 0.29) is 5.82 Å². The molecule has 0 aromatic carbocycles. The molecule has 1 fully saturated rings. The fourth-order valence-electron chi connectivity index (χ4n) is 3.38. The average Bonchev–Trinajstić information content (AvgIpc) is 3.24. The van der Waals surface area contributed by atoms with Crippen molar-refractivity contribution in [3.63, 3.8) is 0 Å². The summed E-state index contributed by atoms with van der Waals surface area (Å²) in [6, 6.07) is 0. The predicted molar refractivity (Wildman–Crippen MR) is 102 cm³/mol. The second-order valence-corrected chi connectivity index (χ2v) is 7.07. The number of anilines is 1. The van der Waals surface area contributed by atoms with E-state index in [1.807, 2.05) is 0 Å². The number of aliphatic hydroxyl groups excluding tert-OH is 2. The zero-order chi connectivity index (χ0) is 20.1. The van der Waals surface area contributed by atoms with Gasteiger partial charge in [0.1, 0.15) is 24.1 Å². The topological polar surface area (TPSA) is 148 Å². The maximum atomic E-state index is 12.4. The van der Waals surface area contributed by atoms with Crippen molar-refractivity contribution in [3.8, 4) is 0 Å². The molecule has 3 heterocycles. The molecule has 3 rings (SSSR count). The van der Waals surface area contributed by atoms with Gasteiger partial charge in [-0.3, -0.25) is 9.36 Å². The van der Waals surface area contributed by atoms with Crippen LogP contribution < -0.4 is 11.1 Å². The fourth-order valence-corrected chi connectivity index (χ4v) is 3.38. The van der Waals surface area contributed by atoms with Crippen LogP contribution in [0.25, 0.3) is 11.2 Å². The van der Waals surface area contributed by atoms with Crippen LogP contribution in [0.3, 0.4) is 0 Å². The number of nitrogens with two attached hydrogens (primary N) is 1. The van der Waals surface area contributed by atoms with Crippen molar-refractivity contribution >= 4 is 22.9 Å². The highest BCUT2D eigenvalue weighted by atomic mass is 16.6. The number of hydrogen-bond acceptors (Lipinski definition) is 8. The predicted octanol–water partition coefficient (Wildman–Crippen LogP) is 0.504. The van der Waals surface area contributed by atoms with Crippen molar-refractivity contribution in [2.45, 2.75) is 70.0 Å². The number of aromatic nitrogens is 4. The van der Waals surface area contributed by atoms with Gasteiger partial charge in [0.15, 0.2) is 23.8 Å². The molecule has 1 unspecified atom stereocenters. The number of hydrogen-bond donors (Lipinski definition) is 4. The van der Waals surface area contributed by atoms with Gasteiger partial charge in [0, 0.05) is 6.54 Å². The quantitative estimate of drug-likeness (QED) is 0.451. The van der Waals surface area contributed by atoms with E-state index < -0.39 is 30.4 Å². The highest BCUT2D eigenvalue weighted by molar-refractivity contribution is 5.82. The standard InChI is InChI=1S/C18H28N6O4/c1-2-3-4-5-6-7-8-20-17(27)14-12(25)13(26)18(28-14)24-10-23-11-15(19)21-9-22-16(11)24/h9-10,12-14,18,25-26H,2-8H2,1H3,(H,20,27)(H2,19,21,22)/t12-,13+,14-,18?/m0/s1. The molecule has 0 aliphatic carbocycles. The highest BCUT2D eigenvalue weighted by Crippen LogP contribution is 2.32. The molecule has 1 amide bonds. The lowest BCUT2D eigenvalue weighted by Gasteiger charge is -2.16. The summed E-state index contributed by atoms with van der Waals surface area (Å²) in [7, 11) is 0. The van der Waals surface area contributed by atoms with Crippen LogP contribution >= 0.6 is 0 Å². The van der Waals surface area contributed by atoms with Crippen molar-refractivity contribution in [2.24, 2.45) is 0 Å². The minimum atomic E-state index is -1.36. The molecule has 10 heteroatoms. The molecule has 0 bridgehead atoms. The van der Waals surface area contributed by atoms with Crippen LogP contribution in [0.5, 0.6) is 0 Å². The van der Waals surface area contributed by atoms with Gasteiger partial charge in [0.05, 0.1) is 6.33 Å². The number of nitrogen functional groups attached to an aromatic ring is 1. The Balaban J connectivity index is 1.57. The van der Waals surface area contributed by atoms with Crippen molar-refractivity contribution in [1.82, 2.24) is 24.8 Å². The number of carbonyl (C=O) groups is 1. The van der Waals surface area contributed by atoms with E-state index in [0.29, 0.717) is 17.7 Å². The first-order valence-corrected chi connectivity index (χ1v) is 9.77. The number of nitrogens with zero attached hydrogens (tertiary/aromatic N) is 4. The van der Waals surface area contributed by atoms with E-state index in [1.54, 1.807) is 0 Å². The smallest absolute Gasteiger partial charge is 0.252 e. The molecule has 1 saturated heterocycles. The lowest BCUT2D eigenvalue weighted by molar-refractivity contribution is -0.137. The first-order valence-electron chi connectivity index (χ1n) is 9.77. The fraction of sp³-hybridized carbons (Fsp3) is 0.667. The summed E-state index contributed by atoms with van der Waals surface area (Å²) in [6.45, 7) is 2.68. The highest BCUT2D eigenvalue weighted by Gasteiger charge is 2.47. The van der Waals surface area contributed by atoms with Gasteiger partial charge in [0.2, 0.25) is 0 Å². The zero-order valence-corrected chi connectivity index (χ0v) is 16.0. The third-order valence-electron chi connectivity index (χ3n) is 4.99. The number of nitrogens with one attached hydrogen (secondary N) is 1. The Bertz CT molecular complexity index is 797. The summed E-state index contributed by atoms with van der Waals surface area (Å²) in [5, 5.41) is 23.5. The second kappa shape index (κ2) is 9.26. The van der Waals surface area contributed by atoms with Crippen LogP contribution in [0.4, 0.5) is 5.82 Å². The van der Waals surface area contributed by atoms with Crippen LogP contribution in [0.1, 0.15) is 51.7 Å². The summed E-state index contributed by atoms with van der Waals surface area (Å²) in [4.78, 5) is 24.5. The lowest BCUT2D eigenvalue weighted by Crippen LogP contribution is -2.43. The van der Waals surface area contributed by atoms with E-state index in [2.05, 4.69) is 27.2 Å². The van der Waals surface area contributed by atoms with Gasteiger partial charge >= 0.3 is 0 Å². The third-order valence-corrected chi connectivity index (χ3v) is 4.99. The van der Waals surface area contributed by atoms with Crippen LogP contribution in [0, 0.1) is 0 Å². The molecule has 10 nitrogen and oxygen atoms in total. The number of amides is 1. The maximum absolute atomic E-state index is 12.4. The van der Waals surface area contributed by atoms with Crippen LogP contribution in [-0.2, 0) is 9.53 Å². The maximum Gasteiger partial charge on any atom is 0.252 e. The number of unbranched alkanes of at least 4 members (excludes halogenated alkanes) is 5. The molecule has 4 atom stereocenters. The lowest BCUT2D eigenvalue weighted by atomic mass is 10.1. The van der Waals surface area contributed by atoms with Crippen molar-refractivity contribution in [3.05, 3.63) is 12.7 Å². The molecule has 0 spiro atoms. The largest absolute Gasteiger partial charge is 0.387 e. The third kappa shape index (κ3) is 4.23. The number of ether oxygens (including phenoxy) is 1. The monoisotopic (exact) mass is 392 g/mol. The molecular weight excluding hydrogens is 364 g/mol. The molecule has 2 aromatic heterocycles. The second-order valence-electron chi connectivity index (χ2n) is 7.07. The normalized spacial score (nSPS) is 24.7. The number of carbonyl (C=O) groups excluding carboxylic acids is 1. The number of aliphatic hydroxyl groups is 2. The molecule has 5 N–H and O–H groups in total. The zero-order valence-electron chi connectivity index (χ0n) is 16.0. The molecule has 154 valence electrons. The summed E-state index contributed by atoms with van der Waals surface area (Å²) in [5.74, 6) is -0.244. The Morgan fingerprint density at radius 1 is 1.18 bits per heavy atom. The summed E-state index contributed by atoms with van der Waals surface area (Å²) >= 11 is 0. The van der Waals surface area contributed by atoms with Gasteiger partial charge in [-0.25, -0.2) is 15.0 Å². The van der Waals surface area contributed by atoms with E-state index in [4.69, 9.17) is 10.5 Å². The molecular formula is C18H28N6O4. The van der Waals surface area contributed by atoms with E-state index in [9.17, 15) is 15.0 Å². The number of imidazole rings is 1. The van der Waals surface area contributed by atoms with Gasteiger partial charge in [-0.2, -0.15) is 0 Å². The van der Waals surface area contributed by atoms with E-state index in [1.165, 1.54) is 36.5 Å². The molecule has 1 aliphatic rings.